The van der Waals surface area contributed by atoms with Crippen molar-refractivity contribution >= 4 is 0 Å². The van der Waals surface area contributed by atoms with Crippen molar-refractivity contribution in [3.8, 4) is 0 Å². The third-order valence-electron chi connectivity index (χ3n) is 4.65. The minimum absolute atomic E-state index is 0.368. The maximum Gasteiger partial charge on any atom is 0.0826 e. The first kappa shape index (κ1) is 14.1. The van der Waals surface area contributed by atoms with Crippen LogP contribution in [0.1, 0.15) is 31.2 Å². The van der Waals surface area contributed by atoms with Gasteiger partial charge in [-0.05, 0) is 30.9 Å². The van der Waals surface area contributed by atoms with Gasteiger partial charge in [0, 0.05) is 25.7 Å². The van der Waals surface area contributed by atoms with Crippen molar-refractivity contribution in [2.24, 2.45) is 0 Å². The number of morpholine rings is 1. The molecule has 1 aromatic rings. The Labute approximate surface area is 122 Å². The molecular formula is C17H26N2O. The SMILES string of the molecule is CC(CNCC1CN2CCCC2CO1)c1ccccc1. The highest BCUT2D eigenvalue weighted by molar-refractivity contribution is 5.18. The van der Waals surface area contributed by atoms with Gasteiger partial charge in [-0.3, -0.25) is 4.90 Å². The number of nitrogens with zero attached hydrogens (tertiary/aromatic N) is 1. The Morgan fingerprint density at radius 2 is 2.20 bits per heavy atom. The number of hydrogen-bond acceptors (Lipinski definition) is 3. The van der Waals surface area contributed by atoms with E-state index in [1.807, 2.05) is 0 Å². The largest absolute Gasteiger partial charge is 0.374 e. The van der Waals surface area contributed by atoms with E-state index in [2.05, 4.69) is 47.5 Å². The molecule has 2 fully saturated rings. The van der Waals surface area contributed by atoms with E-state index in [0.29, 0.717) is 18.1 Å². The maximum atomic E-state index is 5.98. The smallest absolute Gasteiger partial charge is 0.0826 e. The van der Waals surface area contributed by atoms with E-state index < -0.39 is 0 Å². The van der Waals surface area contributed by atoms with Crippen LogP contribution in [0.3, 0.4) is 0 Å². The van der Waals surface area contributed by atoms with Crippen molar-refractivity contribution in [3.63, 3.8) is 0 Å². The van der Waals surface area contributed by atoms with Gasteiger partial charge in [0.05, 0.1) is 12.7 Å². The highest BCUT2D eigenvalue weighted by Crippen LogP contribution is 2.22. The van der Waals surface area contributed by atoms with E-state index in [9.17, 15) is 0 Å². The van der Waals surface area contributed by atoms with Gasteiger partial charge in [-0.25, -0.2) is 0 Å². The number of nitrogens with one attached hydrogen (secondary N) is 1. The van der Waals surface area contributed by atoms with E-state index in [-0.39, 0.29) is 0 Å². The second kappa shape index (κ2) is 6.70. The van der Waals surface area contributed by atoms with Crippen molar-refractivity contribution in [1.82, 2.24) is 10.2 Å². The van der Waals surface area contributed by atoms with Crippen molar-refractivity contribution in [1.29, 1.82) is 0 Å². The average Bonchev–Trinajstić information content (AvgIpc) is 2.95. The fourth-order valence-corrected chi connectivity index (χ4v) is 3.37. The van der Waals surface area contributed by atoms with Gasteiger partial charge < -0.3 is 10.1 Å². The molecule has 20 heavy (non-hydrogen) atoms. The van der Waals surface area contributed by atoms with Gasteiger partial charge in [-0.1, -0.05) is 37.3 Å². The van der Waals surface area contributed by atoms with E-state index in [1.165, 1.54) is 24.9 Å². The van der Waals surface area contributed by atoms with Gasteiger partial charge >= 0.3 is 0 Å². The molecule has 0 aliphatic carbocycles. The number of hydrogen-bond donors (Lipinski definition) is 1. The average molecular weight is 274 g/mol. The van der Waals surface area contributed by atoms with Crippen molar-refractivity contribution in [2.45, 2.75) is 37.8 Å². The fraction of sp³-hybridized carbons (Fsp3) is 0.647. The molecule has 0 amide bonds. The summed E-state index contributed by atoms with van der Waals surface area (Å²) < 4.78 is 5.98. The Balaban J connectivity index is 1.39. The van der Waals surface area contributed by atoms with Crippen LogP contribution in [0, 0.1) is 0 Å². The van der Waals surface area contributed by atoms with Gasteiger partial charge in [0.15, 0.2) is 0 Å². The molecule has 2 heterocycles. The lowest BCUT2D eigenvalue weighted by molar-refractivity contribution is -0.0469. The summed E-state index contributed by atoms with van der Waals surface area (Å²) in [6, 6.07) is 11.4. The van der Waals surface area contributed by atoms with E-state index in [0.717, 1.165) is 26.2 Å². The molecule has 0 spiro atoms. The van der Waals surface area contributed by atoms with Gasteiger partial charge in [-0.2, -0.15) is 0 Å². The first-order valence-corrected chi connectivity index (χ1v) is 7.94. The first-order valence-electron chi connectivity index (χ1n) is 7.94. The molecule has 0 saturated carbocycles. The van der Waals surface area contributed by atoms with Crippen LogP contribution < -0.4 is 5.32 Å². The Hall–Kier alpha value is -0.900. The molecule has 3 heteroatoms. The van der Waals surface area contributed by atoms with Crippen LogP contribution in [0.2, 0.25) is 0 Å². The fourth-order valence-electron chi connectivity index (χ4n) is 3.37. The molecule has 3 atom stereocenters. The van der Waals surface area contributed by atoms with Gasteiger partial charge in [0.2, 0.25) is 0 Å². The van der Waals surface area contributed by atoms with Gasteiger partial charge in [-0.15, -0.1) is 0 Å². The molecule has 0 radical (unpaired) electrons. The van der Waals surface area contributed by atoms with Crippen molar-refractivity contribution < 1.29 is 4.74 Å². The lowest BCUT2D eigenvalue weighted by Gasteiger charge is -2.35. The molecule has 1 aromatic carbocycles. The highest BCUT2D eigenvalue weighted by atomic mass is 16.5. The molecule has 1 N–H and O–H groups in total. The molecule has 0 bridgehead atoms. The van der Waals surface area contributed by atoms with Crippen LogP contribution in [-0.2, 0) is 4.74 Å². The molecule has 110 valence electrons. The van der Waals surface area contributed by atoms with Crippen LogP contribution >= 0.6 is 0 Å². The third-order valence-corrected chi connectivity index (χ3v) is 4.65. The number of fused-ring (bicyclic) bond motifs is 1. The Kier molecular flexibility index (Phi) is 4.71. The van der Waals surface area contributed by atoms with Gasteiger partial charge in [0.25, 0.3) is 0 Å². The monoisotopic (exact) mass is 274 g/mol. The summed E-state index contributed by atoms with van der Waals surface area (Å²) in [4.78, 5) is 2.61. The number of benzene rings is 1. The molecule has 2 aliphatic heterocycles. The molecule has 3 rings (SSSR count). The standard InChI is InChI=1S/C17H26N2O/c1-14(15-6-3-2-4-7-15)10-18-11-17-12-19-9-5-8-16(19)13-20-17/h2-4,6-7,14,16-18H,5,8-13H2,1H3. The lowest BCUT2D eigenvalue weighted by Crippen LogP contribution is -2.49. The predicted octanol–water partition coefficient (Wildman–Crippen LogP) is 2.24. The molecule has 3 unspecified atom stereocenters. The molecule has 0 aromatic heterocycles. The normalized spacial score (nSPS) is 28.2. The zero-order chi connectivity index (χ0) is 13.8. The van der Waals surface area contributed by atoms with E-state index >= 15 is 0 Å². The lowest BCUT2D eigenvalue weighted by atomic mass is 10.0. The Morgan fingerprint density at radius 3 is 3.05 bits per heavy atom. The van der Waals surface area contributed by atoms with Crippen LogP contribution in [0.25, 0.3) is 0 Å². The number of ether oxygens (including phenoxy) is 1. The molecule has 2 aliphatic rings. The van der Waals surface area contributed by atoms with E-state index in [4.69, 9.17) is 4.74 Å². The minimum atomic E-state index is 0.368. The Bertz CT molecular complexity index is 409. The summed E-state index contributed by atoms with van der Waals surface area (Å²) in [5.74, 6) is 0.555. The van der Waals surface area contributed by atoms with E-state index in [1.54, 1.807) is 0 Å². The number of rotatable bonds is 5. The summed E-state index contributed by atoms with van der Waals surface area (Å²) in [6.07, 6.45) is 3.04. The summed E-state index contributed by atoms with van der Waals surface area (Å²) in [7, 11) is 0. The summed E-state index contributed by atoms with van der Waals surface area (Å²) in [5.41, 5.74) is 1.41. The quantitative estimate of drug-likeness (QED) is 0.891. The molecule has 3 nitrogen and oxygen atoms in total. The topological polar surface area (TPSA) is 24.5 Å². The highest BCUT2D eigenvalue weighted by Gasteiger charge is 2.31. The zero-order valence-corrected chi connectivity index (χ0v) is 12.4. The molecule has 2 saturated heterocycles. The van der Waals surface area contributed by atoms with Crippen molar-refractivity contribution in [2.75, 3.05) is 32.8 Å². The van der Waals surface area contributed by atoms with Crippen LogP contribution in [0.4, 0.5) is 0 Å². The van der Waals surface area contributed by atoms with Crippen molar-refractivity contribution in [3.05, 3.63) is 35.9 Å². The third kappa shape index (κ3) is 3.40. The summed E-state index contributed by atoms with van der Waals surface area (Å²) in [5, 5.41) is 3.58. The minimum Gasteiger partial charge on any atom is -0.374 e. The van der Waals surface area contributed by atoms with Gasteiger partial charge in [0.1, 0.15) is 0 Å². The maximum absolute atomic E-state index is 5.98. The molecular weight excluding hydrogens is 248 g/mol. The second-order valence-electron chi connectivity index (χ2n) is 6.22. The summed E-state index contributed by atoms with van der Waals surface area (Å²) in [6.45, 7) is 7.58. The second-order valence-corrected chi connectivity index (χ2v) is 6.22. The van der Waals surface area contributed by atoms with Crippen LogP contribution in [0.15, 0.2) is 30.3 Å². The predicted molar refractivity (Wildman–Crippen MR) is 82.1 cm³/mol. The Morgan fingerprint density at radius 1 is 1.35 bits per heavy atom. The van der Waals surface area contributed by atoms with Crippen LogP contribution in [-0.4, -0.2) is 49.8 Å². The summed E-state index contributed by atoms with van der Waals surface area (Å²) >= 11 is 0. The van der Waals surface area contributed by atoms with Crippen LogP contribution in [0.5, 0.6) is 0 Å². The zero-order valence-electron chi connectivity index (χ0n) is 12.4. The first-order chi connectivity index (χ1) is 9.83.